The predicted molar refractivity (Wildman–Crippen MR) is 71.3 cm³/mol. The second-order valence-electron chi connectivity index (χ2n) is 3.86. The number of nitrogens with one attached hydrogen (secondary N) is 1. The lowest BCUT2D eigenvalue weighted by molar-refractivity contribution is 0.624. The molecule has 0 saturated heterocycles. The number of nitrogens with zero attached hydrogens (tertiary/aromatic N) is 1. The van der Waals surface area contributed by atoms with Gasteiger partial charge in [-0.05, 0) is 19.4 Å². The molecule has 0 fully saturated rings. The van der Waals surface area contributed by atoms with Gasteiger partial charge in [0.1, 0.15) is 0 Å². The van der Waals surface area contributed by atoms with Gasteiger partial charge in [0, 0.05) is 34.2 Å². The minimum atomic E-state index is -0.709. The molecule has 0 aliphatic rings. The van der Waals surface area contributed by atoms with Crippen molar-refractivity contribution in [1.29, 1.82) is 0 Å². The lowest BCUT2D eigenvalue weighted by Gasteiger charge is -2.08. The minimum absolute atomic E-state index is 0.272. The van der Waals surface area contributed by atoms with Crippen molar-refractivity contribution in [3.8, 4) is 0 Å². The zero-order valence-electron chi connectivity index (χ0n) is 10.2. The van der Waals surface area contributed by atoms with Crippen molar-refractivity contribution in [1.82, 2.24) is 10.3 Å². The van der Waals surface area contributed by atoms with Crippen LogP contribution in [0.4, 0.5) is 0 Å². The van der Waals surface area contributed by atoms with Crippen LogP contribution < -0.4 is 5.32 Å². The molecule has 0 aromatic carbocycles. The smallest absolute Gasteiger partial charge is 0.0926 e. The van der Waals surface area contributed by atoms with E-state index in [4.69, 9.17) is 0 Å². The van der Waals surface area contributed by atoms with Crippen molar-refractivity contribution in [3.63, 3.8) is 0 Å². The van der Waals surface area contributed by atoms with Crippen LogP contribution in [0.25, 0.3) is 0 Å². The van der Waals surface area contributed by atoms with Crippen LogP contribution in [-0.2, 0) is 23.8 Å². The number of thiazole rings is 1. The summed E-state index contributed by atoms with van der Waals surface area (Å²) in [5.41, 5.74) is 1.12. The van der Waals surface area contributed by atoms with Crippen LogP contribution in [-0.4, -0.2) is 27.2 Å². The third-order valence-corrected chi connectivity index (χ3v) is 4.91. The Morgan fingerprint density at radius 3 is 2.94 bits per heavy atom. The van der Waals surface area contributed by atoms with Gasteiger partial charge in [-0.3, -0.25) is 4.21 Å². The van der Waals surface area contributed by atoms with E-state index in [1.165, 1.54) is 5.01 Å². The van der Waals surface area contributed by atoms with Crippen LogP contribution >= 0.6 is 11.3 Å². The van der Waals surface area contributed by atoms with Gasteiger partial charge in [-0.25, -0.2) is 4.98 Å². The van der Waals surface area contributed by atoms with Gasteiger partial charge in [0.25, 0.3) is 0 Å². The largest absolute Gasteiger partial charge is 0.311 e. The second-order valence-corrected chi connectivity index (χ2v) is 6.61. The highest BCUT2D eigenvalue weighted by molar-refractivity contribution is 7.84. The summed E-state index contributed by atoms with van der Waals surface area (Å²) in [6.07, 6.45) is 3.73. The quantitative estimate of drug-likeness (QED) is 0.762. The average molecular weight is 260 g/mol. The van der Waals surface area contributed by atoms with Gasteiger partial charge in [0.05, 0.1) is 10.7 Å². The van der Waals surface area contributed by atoms with Crippen molar-refractivity contribution in [2.75, 3.05) is 12.8 Å². The number of hydrogen-bond acceptors (Lipinski definition) is 4. The summed E-state index contributed by atoms with van der Waals surface area (Å²) in [5, 5.41) is 6.91. The third-order valence-electron chi connectivity index (χ3n) is 2.50. The zero-order valence-corrected chi connectivity index (χ0v) is 11.8. The molecule has 0 amide bonds. The van der Waals surface area contributed by atoms with Gasteiger partial charge in [-0.2, -0.15) is 0 Å². The predicted octanol–water partition coefficient (Wildman–Crippen LogP) is 1.95. The number of aromatic nitrogens is 1. The molecule has 3 nitrogen and oxygen atoms in total. The Morgan fingerprint density at radius 1 is 1.62 bits per heavy atom. The first-order chi connectivity index (χ1) is 7.63. The van der Waals surface area contributed by atoms with Gasteiger partial charge >= 0.3 is 0 Å². The molecule has 0 saturated carbocycles. The summed E-state index contributed by atoms with van der Waals surface area (Å²) < 4.78 is 11.1. The Balaban J connectivity index is 2.18. The molecule has 0 radical (unpaired) electrons. The molecule has 1 aromatic rings. The number of hydrogen-bond donors (Lipinski definition) is 1. The highest BCUT2D eigenvalue weighted by Crippen LogP contribution is 2.09. The Kier molecular flexibility index (Phi) is 6.16. The van der Waals surface area contributed by atoms with Gasteiger partial charge in [-0.1, -0.05) is 13.8 Å². The first-order valence-electron chi connectivity index (χ1n) is 5.59. The van der Waals surface area contributed by atoms with Crippen LogP contribution in [0.5, 0.6) is 0 Å². The van der Waals surface area contributed by atoms with E-state index >= 15 is 0 Å². The molecule has 1 aromatic heterocycles. The zero-order chi connectivity index (χ0) is 12.0. The first kappa shape index (κ1) is 13.8. The van der Waals surface area contributed by atoms with Gasteiger partial charge < -0.3 is 5.32 Å². The molecule has 0 spiro atoms. The number of aryl methyl sites for hydroxylation is 1. The molecule has 5 heteroatoms. The lowest BCUT2D eigenvalue weighted by atomic mass is 10.3. The summed E-state index contributed by atoms with van der Waals surface area (Å²) in [6, 6.07) is 0. The van der Waals surface area contributed by atoms with Crippen LogP contribution in [0, 0.1) is 0 Å². The Bertz CT molecular complexity index is 338. The van der Waals surface area contributed by atoms with Crippen molar-refractivity contribution in [2.24, 2.45) is 0 Å². The molecule has 1 N–H and O–H groups in total. The Hall–Kier alpha value is -0.260. The van der Waals surface area contributed by atoms with Crippen LogP contribution in [0.1, 0.15) is 31.0 Å². The minimum Gasteiger partial charge on any atom is -0.311 e. The fourth-order valence-corrected chi connectivity index (χ4v) is 2.47. The maximum atomic E-state index is 11.1. The monoisotopic (exact) mass is 260 g/mol. The van der Waals surface area contributed by atoms with E-state index < -0.39 is 10.8 Å². The molecule has 16 heavy (non-hydrogen) atoms. The van der Waals surface area contributed by atoms with Crippen LogP contribution in [0.15, 0.2) is 5.38 Å². The average Bonchev–Trinajstić information content (AvgIpc) is 2.71. The number of rotatable bonds is 7. The van der Waals surface area contributed by atoms with E-state index in [1.807, 2.05) is 6.92 Å². The Labute approximate surface area is 104 Å². The molecule has 0 aliphatic heterocycles. The van der Waals surface area contributed by atoms with Gasteiger partial charge in [0.2, 0.25) is 0 Å². The molecule has 2 unspecified atom stereocenters. The van der Waals surface area contributed by atoms with Crippen molar-refractivity contribution in [3.05, 3.63) is 16.1 Å². The summed E-state index contributed by atoms with van der Waals surface area (Å²) in [7, 11) is -0.709. The topological polar surface area (TPSA) is 42.0 Å². The van der Waals surface area contributed by atoms with E-state index in [2.05, 4.69) is 22.6 Å². The molecular formula is C11H20N2OS2. The van der Waals surface area contributed by atoms with Crippen LogP contribution in [0.2, 0.25) is 0 Å². The van der Waals surface area contributed by atoms with E-state index in [0.29, 0.717) is 0 Å². The van der Waals surface area contributed by atoms with Crippen molar-refractivity contribution < 1.29 is 4.21 Å². The summed E-state index contributed by atoms with van der Waals surface area (Å²) in [4.78, 5) is 4.48. The summed E-state index contributed by atoms with van der Waals surface area (Å²) in [5.74, 6) is 0. The summed E-state index contributed by atoms with van der Waals surface area (Å²) >= 11 is 1.72. The second kappa shape index (κ2) is 7.14. The lowest BCUT2D eigenvalue weighted by Crippen LogP contribution is -2.21. The van der Waals surface area contributed by atoms with Crippen LogP contribution in [0.3, 0.4) is 0 Å². The molecular weight excluding hydrogens is 240 g/mol. The maximum absolute atomic E-state index is 11.1. The van der Waals surface area contributed by atoms with E-state index in [1.54, 1.807) is 17.6 Å². The molecule has 2 atom stereocenters. The fourth-order valence-electron chi connectivity index (χ4n) is 1.28. The molecule has 1 heterocycles. The SMILES string of the molecule is CCc1nc(CNCCC(C)S(C)=O)cs1. The normalized spacial score (nSPS) is 14.9. The molecule has 0 bridgehead atoms. The van der Waals surface area contributed by atoms with E-state index in [-0.39, 0.29) is 5.25 Å². The van der Waals surface area contributed by atoms with E-state index in [9.17, 15) is 4.21 Å². The highest BCUT2D eigenvalue weighted by atomic mass is 32.2. The van der Waals surface area contributed by atoms with E-state index in [0.717, 1.165) is 31.6 Å². The van der Waals surface area contributed by atoms with Gasteiger partial charge in [0.15, 0.2) is 0 Å². The van der Waals surface area contributed by atoms with Crippen molar-refractivity contribution in [2.45, 2.75) is 38.5 Å². The standard InChI is InChI=1S/C11H20N2OS2/c1-4-11-13-10(8-15-11)7-12-6-5-9(2)16(3)14/h8-9,12H,4-7H2,1-3H3. The molecule has 1 rings (SSSR count). The fraction of sp³-hybridized carbons (Fsp3) is 0.727. The third kappa shape index (κ3) is 4.72. The maximum Gasteiger partial charge on any atom is 0.0926 e. The summed E-state index contributed by atoms with van der Waals surface area (Å²) in [6.45, 7) is 5.86. The van der Waals surface area contributed by atoms with Gasteiger partial charge in [-0.15, -0.1) is 11.3 Å². The first-order valence-corrected chi connectivity index (χ1v) is 8.09. The highest BCUT2D eigenvalue weighted by Gasteiger charge is 2.05. The molecule has 92 valence electrons. The molecule has 0 aliphatic carbocycles. The van der Waals surface area contributed by atoms with Crippen molar-refractivity contribution >= 4 is 22.1 Å². The Morgan fingerprint density at radius 2 is 2.38 bits per heavy atom.